The minimum atomic E-state index is -0.554. The SMILES string of the molecule is CCC1=C(N[C@H]2CCC[C@@H]2O)/N=C(Nc2ccccc2)\C(C(N)=O)=C\C=C\1. The van der Waals surface area contributed by atoms with Gasteiger partial charge in [0.2, 0.25) is 0 Å². The van der Waals surface area contributed by atoms with E-state index in [4.69, 9.17) is 10.7 Å². The molecule has 0 unspecified atom stereocenters. The van der Waals surface area contributed by atoms with Crippen molar-refractivity contribution in [3.05, 3.63) is 65.5 Å². The topological polar surface area (TPSA) is 99.7 Å². The molecule has 27 heavy (non-hydrogen) atoms. The standard InChI is InChI=1S/C21H26N4O2/c1-2-14-8-6-11-16(19(22)27)21(23-15-9-4-3-5-10-15)25-20(14)24-17-12-7-13-18(17)26/h3-6,8-11,17-18,26H,2,7,12-13H2,1H3,(H2,22,27)(H2,23,24,25)/t17-,18-/m0/s1. The first kappa shape index (κ1) is 18.9. The summed E-state index contributed by atoms with van der Waals surface area (Å²) in [5.41, 5.74) is 7.71. The zero-order valence-corrected chi connectivity index (χ0v) is 15.5. The summed E-state index contributed by atoms with van der Waals surface area (Å²) in [5.74, 6) is 0.492. The summed E-state index contributed by atoms with van der Waals surface area (Å²) in [7, 11) is 0. The lowest BCUT2D eigenvalue weighted by Gasteiger charge is -2.22. The molecule has 1 amide bonds. The van der Waals surface area contributed by atoms with Crippen LogP contribution in [-0.2, 0) is 4.79 Å². The van der Waals surface area contributed by atoms with Crippen molar-refractivity contribution in [3.8, 4) is 0 Å². The van der Waals surface area contributed by atoms with Crippen LogP contribution in [0.4, 0.5) is 5.69 Å². The summed E-state index contributed by atoms with van der Waals surface area (Å²) in [5, 5.41) is 16.8. The molecule has 0 saturated heterocycles. The van der Waals surface area contributed by atoms with Crippen molar-refractivity contribution in [2.24, 2.45) is 10.7 Å². The average molecular weight is 366 g/mol. The highest BCUT2D eigenvalue weighted by Gasteiger charge is 2.26. The molecule has 1 saturated carbocycles. The van der Waals surface area contributed by atoms with Gasteiger partial charge in [-0.1, -0.05) is 37.3 Å². The van der Waals surface area contributed by atoms with Gasteiger partial charge in [0, 0.05) is 5.69 Å². The molecule has 3 rings (SSSR count). The zero-order chi connectivity index (χ0) is 19.2. The molecule has 6 nitrogen and oxygen atoms in total. The number of para-hydroxylation sites is 1. The van der Waals surface area contributed by atoms with Crippen LogP contribution in [0.25, 0.3) is 0 Å². The van der Waals surface area contributed by atoms with Crippen molar-refractivity contribution in [1.82, 2.24) is 5.32 Å². The van der Waals surface area contributed by atoms with Crippen molar-refractivity contribution < 1.29 is 9.90 Å². The number of primary amides is 1. The molecule has 0 radical (unpaired) electrons. The van der Waals surface area contributed by atoms with Crippen LogP contribution in [0, 0.1) is 0 Å². The number of aliphatic imine (C=N–C) groups is 1. The van der Waals surface area contributed by atoms with Crippen LogP contribution < -0.4 is 16.4 Å². The zero-order valence-electron chi connectivity index (χ0n) is 15.5. The van der Waals surface area contributed by atoms with Crippen LogP contribution in [-0.4, -0.2) is 29.0 Å². The summed E-state index contributed by atoms with van der Waals surface area (Å²) in [4.78, 5) is 16.7. The van der Waals surface area contributed by atoms with E-state index in [2.05, 4.69) is 10.6 Å². The van der Waals surface area contributed by atoms with Crippen molar-refractivity contribution in [2.75, 3.05) is 5.32 Å². The summed E-state index contributed by atoms with van der Waals surface area (Å²) in [6, 6.07) is 9.48. The quantitative estimate of drug-likeness (QED) is 0.643. The number of hydrogen-bond acceptors (Lipinski definition) is 5. The fraction of sp³-hybridized carbons (Fsp3) is 0.333. The van der Waals surface area contributed by atoms with Gasteiger partial charge in [0.25, 0.3) is 5.91 Å². The summed E-state index contributed by atoms with van der Waals surface area (Å²) < 4.78 is 0. The number of allylic oxidation sites excluding steroid dienone is 4. The van der Waals surface area contributed by atoms with Gasteiger partial charge in [0.15, 0.2) is 0 Å². The van der Waals surface area contributed by atoms with Gasteiger partial charge in [-0.25, -0.2) is 4.99 Å². The van der Waals surface area contributed by atoms with E-state index in [9.17, 15) is 9.90 Å². The normalized spacial score (nSPS) is 30.3. The predicted molar refractivity (Wildman–Crippen MR) is 108 cm³/mol. The molecule has 5 N–H and O–H groups in total. The van der Waals surface area contributed by atoms with Crippen LogP contribution in [0.5, 0.6) is 0 Å². The van der Waals surface area contributed by atoms with E-state index in [1.165, 1.54) is 0 Å². The fourth-order valence-corrected chi connectivity index (χ4v) is 3.31. The third-order valence-corrected chi connectivity index (χ3v) is 4.83. The molecule has 1 aromatic carbocycles. The molecule has 1 aromatic rings. The molecular formula is C21H26N4O2. The Morgan fingerprint density at radius 2 is 2.07 bits per heavy atom. The number of rotatable bonds is 5. The Hall–Kier alpha value is -2.86. The second-order valence-corrected chi connectivity index (χ2v) is 6.73. The first-order valence-corrected chi connectivity index (χ1v) is 9.35. The summed E-state index contributed by atoms with van der Waals surface area (Å²) in [6.45, 7) is 2.05. The molecule has 0 spiro atoms. The van der Waals surface area contributed by atoms with Gasteiger partial charge in [0.05, 0.1) is 17.7 Å². The third kappa shape index (κ3) is 4.65. The number of nitrogens with two attached hydrogens (primary N) is 1. The van der Waals surface area contributed by atoms with Crippen LogP contribution in [0.2, 0.25) is 0 Å². The number of hydrogen-bond donors (Lipinski definition) is 4. The second-order valence-electron chi connectivity index (χ2n) is 6.73. The lowest BCUT2D eigenvalue weighted by molar-refractivity contribution is -0.114. The smallest absolute Gasteiger partial charge is 0.252 e. The van der Waals surface area contributed by atoms with E-state index >= 15 is 0 Å². The van der Waals surface area contributed by atoms with Gasteiger partial charge >= 0.3 is 0 Å². The molecule has 0 bridgehead atoms. The average Bonchev–Trinajstić information content (AvgIpc) is 3.04. The Labute approximate surface area is 159 Å². The van der Waals surface area contributed by atoms with Crippen molar-refractivity contribution in [2.45, 2.75) is 44.8 Å². The molecule has 0 aromatic heterocycles. The number of carbonyl (C=O) groups is 1. The van der Waals surface area contributed by atoms with Gasteiger partial charge in [0.1, 0.15) is 11.7 Å². The Balaban J connectivity index is 1.99. The molecule has 1 heterocycles. The monoisotopic (exact) mass is 366 g/mol. The van der Waals surface area contributed by atoms with E-state index in [-0.39, 0.29) is 6.04 Å². The number of nitrogens with one attached hydrogen (secondary N) is 2. The summed E-state index contributed by atoms with van der Waals surface area (Å²) >= 11 is 0. The number of aliphatic hydroxyl groups is 1. The Morgan fingerprint density at radius 1 is 1.30 bits per heavy atom. The van der Waals surface area contributed by atoms with E-state index in [1.54, 1.807) is 6.08 Å². The number of carbonyl (C=O) groups excluding carboxylic acids is 1. The number of benzene rings is 1. The predicted octanol–water partition coefficient (Wildman–Crippen LogP) is 2.60. The highest BCUT2D eigenvalue weighted by Crippen LogP contribution is 2.23. The highest BCUT2D eigenvalue weighted by molar-refractivity contribution is 6.25. The molecule has 1 fully saturated rings. The first-order chi connectivity index (χ1) is 13.1. The lowest BCUT2D eigenvalue weighted by Crippen LogP contribution is -2.36. The van der Waals surface area contributed by atoms with Gasteiger partial charge in [-0.3, -0.25) is 4.79 Å². The highest BCUT2D eigenvalue weighted by atomic mass is 16.3. The fourth-order valence-electron chi connectivity index (χ4n) is 3.31. The molecule has 1 aliphatic carbocycles. The largest absolute Gasteiger partial charge is 0.391 e. The Kier molecular flexibility index (Phi) is 6.08. The van der Waals surface area contributed by atoms with Crippen molar-refractivity contribution >= 4 is 17.4 Å². The third-order valence-electron chi connectivity index (χ3n) is 4.83. The number of aliphatic hydroxyl groups excluding tert-OH is 1. The minimum Gasteiger partial charge on any atom is -0.391 e. The van der Waals surface area contributed by atoms with Crippen LogP contribution in [0.3, 0.4) is 0 Å². The minimum absolute atomic E-state index is 0.0443. The van der Waals surface area contributed by atoms with E-state index in [0.29, 0.717) is 17.2 Å². The first-order valence-electron chi connectivity index (χ1n) is 9.35. The molecule has 2 atom stereocenters. The van der Waals surface area contributed by atoms with E-state index in [0.717, 1.165) is 36.9 Å². The van der Waals surface area contributed by atoms with Crippen molar-refractivity contribution in [1.29, 1.82) is 0 Å². The Morgan fingerprint density at radius 3 is 2.70 bits per heavy atom. The molecule has 1 aliphatic heterocycles. The van der Waals surface area contributed by atoms with Gasteiger partial charge < -0.3 is 21.5 Å². The number of amidine groups is 1. The number of anilines is 1. The van der Waals surface area contributed by atoms with E-state index < -0.39 is 12.0 Å². The molecule has 142 valence electrons. The molecule has 6 heteroatoms. The number of nitrogens with zero attached hydrogens (tertiary/aromatic N) is 1. The van der Waals surface area contributed by atoms with Crippen LogP contribution in [0.15, 0.2) is 70.5 Å². The van der Waals surface area contributed by atoms with E-state index in [1.807, 2.05) is 49.4 Å². The lowest BCUT2D eigenvalue weighted by atomic mass is 10.1. The Bertz CT molecular complexity index is 809. The maximum Gasteiger partial charge on any atom is 0.252 e. The van der Waals surface area contributed by atoms with Gasteiger partial charge in [-0.05, 0) is 49.5 Å². The maximum absolute atomic E-state index is 12.0. The van der Waals surface area contributed by atoms with Gasteiger partial charge in [-0.2, -0.15) is 0 Å². The van der Waals surface area contributed by atoms with Crippen LogP contribution in [0.1, 0.15) is 32.6 Å². The van der Waals surface area contributed by atoms with Crippen molar-refractivity contribution in [3.63, 3.8) is 0 Å². The van der Waals surface area contributed by atoms with Gasteiger partial charge in [-0.15, -0.1) is 0 Å². The van der Waals surface area contributed by atoms with Crippen LogP contribution >= 0.6 is 0 Å². The molecule has 2 aliphatic rings. The molecular weight excluding hydrogens is 340 g/mol. The number of amides is 1. The maximum atomic E-state index is 12.0. The summed E-state index contributed by atoms with van der Waals surface area (Å²) in [6.07, 6.45) is 8.44. The second kappa shape index (κ2) is 8.68.